The number of benzene rings is 1. The fourth-order valence-corrected chi connectivity index (χ4v) is 4.84. The van der Waals surface area contributed by atoms with Crippen LogP contribution in [-0.4, -0.2) is 42.3 Å². The number of carbonyl (C=O) groups excluding carboxylic acids is 1. The average molecular weight is 430 g/mol. The van der Waals surface area contributed by atoms with Gasteiger partial charge < -0.3 is 14.5 Å². The highest BCUT2D eigenvalue weighted by molar-refractivity contribution is 9.10. The summed E-state index contributed by atoms with van der Waals surface area (Å²) in [6.45, 7) is 8.28. The number of ether oxygens (including phenoxy) is 1. The molecule has 0 atom stereocenters. The van der Waals surface area contributed by atoms with Crippen molar-refractivity contribution in [2.75, 3.05) is 24.5 Å². The normalized spacial score (nSPS) is 18.9. The van der Waals surface area contributed by atoms with Crippen LogP contribution in [0.5, 0.6) is 0 Å². The van der Waals surface area contributed by atoms with Gasteiger partial charge in [-0.25, -0.2) is 4.79 Å². The second-order valence-corrected chi connectivity index (χ2v) is 9.18. The zero-order valence-electron chi connectivity index (χ0n) is 15.1. The molecule has 1 fully saturated rings. The lowest BCUT2D eigenvalue weighted by Gasteiger charge is -2.43. The van der Waals surface area contributed by atoms with Crippen molar-refractivity contribution in [2.24, 2.45) is 0 Å². The second kappa shape index (κ2) is 7.36. The second-order valence-electron chi connectivity index (χ2n) is 7.89. The van der Waals surface area contributed by atoms with E-state index in [4.69, 9.17) is 16.3 Å². The van der Waals surface area contributed by atoms with Gasteiger partial charge in [0.1, 0.15) is 5.60 Å². The molecule has 2 aliphatic rings. The highest BCUT2D eigenvalue weighted by atomic mass is 79.9. The van der Waals surface area contributed by atoms with Gasteiger partial charge in [0.2, 0.25) is 0 Å². The van der Waals surface area contributed by atoms with Gasteiger partial charge in [0.05, 0.1) is 5.69 Å². The van der Waals surface area contributed by atoms with Gasteiger partial charge in [-0.3, -0.25) is 0 Å². The minimum absolute atomic E-state index is 0.196. The third-order valence-corrected chi connectivity index (χ3v) is 5.62. The molecule has 2 aliphatic heterocycles. The van der Waals surface area contributed by atoms with E-state index in [0.717, 1.165) is 54.8 Å². The quantitative estimate of drug-likeness (QED) is 0.611. The van der Waals surface area contributed by atoms with E-state index in [-0.39, 0.29) is 6.09 Å². The molecular formula is C19H26BrClN2O2. The van der Waals surface area contributed by atoms with E-state index in [1.807, 2.05) is 31.7 Å². The van der Waals surface area contributed by atoms with E-state index < -0.39 is 5.60 Å². The van der Waals surface area contributed by atoms with Gasteiger partial charge in [-0.2, -0.15) is 0 Å². The maximum absolute atomic E-state index is 12.3. The lowest BCUT2D eigenvalue weighted by atomic mass is 9.96. The maximum Gasteiger partial charge on any atom is 0.410 e. The predicted octanol–water partition coefficient (Wildman–Crippen LogP) is 5.25. The van der Waals surface area contributed by atoms with E-state index in [1.165, 1.54) is 11.3 Å². The van der Waals surface area contributed by atoms with Gasteiger partial charge in [-0.15, -0.1) is 0 Å². The molecule has 3 rings (SSSR count). The number of hydrogen-bond acceptors (Lipinski definition) is 3. The molecule has 25 heavy (non-hydrogen) atoms. The summed E-state index contributed by atoms with van der Waals surface area (Å²) in [5.74, 6) is 0. The largest absolute Gasteiger partial charge is 0.444 e. The first-order valence-corrected chi connectivity index (χ1v) is 10.1. The molecule has 4 nitrogen and oxygen atoms in total. The van der Waals surface area contributed by atoms with Gasteiger partial charge in [-0.05, 0) is 80.1 Å². The average Bonchev–Trinajstić information content (AvgIpc) is 2.52. The molecule has 0 N–H and O–H groups in total. The monoisotopic (exact) mass is 428 g/mol. The molecule has 1 aromatic rings. The SMILES string of the molecule is CC(C)(C)OC(=O)N1CCC(N2CCCc3cc(Cl)cc(Br)c32)CC1. The molecule has 0 spiro atoms. The van der Waals surface area contributed by atoms with Crippen LogP contribution in [0.2, 0.25) is 5.02 Å². The van der Waals surface area contributed by atoms with Crippen LogP contribution >= 0.6 is 27.5 Å². The smallest absolute Gasteiger partial charge is 0.410 e. The highest BCUT2D eigenvalue weighted by Crippen LogP contribution is 2.39. The molecule has 1 aromatic carbocycles. The number of nitrogens with zero attached hydrogens (tertiary/aromatic N) is 2. The minimum Gasteiger partial charge on any atom is -0.444 e. The number of likely N-dealkylation sites (tertiary alicyclic amines) is 1. The summed E-state index contributed by atoms with van der Waals surface area (Å²) in [7, 11) is 0. The summed E-state index contributed by atoms with van der Waals surface area (Å²) < 4.78 is 6.57. The van der Waals surface area contributed by atoms with Crippen molar-refractivity contribution in [3.05, 3.63) is 27.2 Å². The van der Waals surface area contributed by atoms with Crippen LogP contribution in [0, 0.1) is 0 Å². The van der Waals surface area contributed by atoms with Crippen molar-refractivity contribution in [2.45, 2.75) is 58.1 Å². The Kier molecular flexibility index (Phi) is 5.54. The number of carbonyl (C=O) groups is 1. The molecule has 0 saturated carbocycles. The first kappa shape index (κ1) is 18.8. The van der Waals surface area contributed by atoms with E-state index in [9.17, 15) is 4.79 Å². The van der Waals surface area contributed by atoms with Gasteiger partial charge in [0.15, 0.2) is 0 Å². The highest BCUT2D eigenvalue weighted by Gasteiger charge is 2.32. The minimum atomic E-state index is -0.441. The van der Waals surface area contributed by atoms with E-state index in [0.29, 0.717) is 6.04 Å². The van der Waals surface area contributed by atoms with Crippen molar-refractivity contribution in [3.63, 3.8) is 0 Å². The Hall–Kier alpha value is -0.940. The molecule has 0 radical (unpaired) electrons. The number of fused-ring (bicyclic) bond motifs is 1. The predicted molar refractivity (Wildman–Crippen MR) is 106 cm³/mol. The first-order chi connectivity index (χ1) is 11.7. The van der Waals surface area contributed by atoms with Crippen LogP contribution < -0.4 is 4.90 Å². The van der Waals surface area contributed by atoms with E-state index in [1.54, 1.807) is 0 Å². The van der Waals surface area contributed by atoms with Crippen molar-refractivity contribution >= 4 is 39.3 Å². The third-order valence-electron chi connectivity index (χ3n) is 4.80. The Labute approximate surface area is 163 Å². The van der Waals surface area contributed by atoms with Crippen molar-refractivity contribution in [1.82, 2.24) is 4.90 Å². The fourth-order valence-electron chi connectivity index (χ4n) is 3.73. The number of hydrogen-bond donors (Lipinski definition) is 0. The Morgan fingerprint density at radius 3 is 2.56 bits per heavy atom. The summed E-state index contributed by atoms with van der Waals surface area (Å²) in [4.78, 5) is 16.6. The van der Waals surface area contributed by atoms with Crippen LogP contribution in [0.3, 0.4) is 0 Å². The van der Waals surface area contributed by atoms with Gasteiger partial charge >= 0.3 is 6.09 Å². The van der Waals surface area contributed by atoms with E-state index >= 15 is 0 Å². The van der Waals surface area contributed by atoms with Crippen molar-refractivity contribution in [3.8, 4) is 0 Å². The number of amides is 1. The summed E-state index contributed by atoms with van der Waals surface area (Å²) in [6, 6.07) is 4.52. The molecule has 0 unspecified atom stereocenters. The third kappa shape index (κ3) is 4.43. The van der Waals surface area contributed by atoms with Crippen LogP contribution in [0.4, 0.5) is 10.5 Å². The number of anilines is 1. The molecule has 1 amide bonds. The molecule has 6 heteroatoms. The lowest BCUT2D eigenvalue weighted by Crippen LogP contribution is -2.49. The molecule has 0 aliphatic carbocycles. The Morgan fingerprint density at radius 2 is 1.92 bits per heavy atom. The van der Waals surface area contributed by atoms with Crippen LogP contribution in [-0.2, 0) is 11.2 Å². The number of aryl methyl sites for hydroxylation is 1. The molecule has 0 aromatic heterocycles. The summed E-state index contributed by atoms with van der Waals surface area (Å²) in [6.07, 6.45) is 3.95. The molecule has 2 heterocycles. The summed E-state index contributed by atoms with van der Waals surface area (Å²) in [5.41, 5.74) is 2.16. The van der Waals surface area contributed by atoms with E-state index in [2.05, 4.69) is 26.9 Å². The molecular weight excluding hydrogens is 404 g/mol. The number of piperidine rings is 1. The Bertz CT molecular complexity index is 652. The summed E-state index contributed by atoms with van der Waals surface area (Å²) >= 11 is 9.91. The van der Waals surface area contributed by atoms with Crippen LogP contribution in [0.25, 0.3) is 0 Å². The Balaban J connectivity index is 1.68. The topological polar surface area (TPSA) is 32.8 Å². The molecule has 0 bridgehead atoms. The molecule has 138 valence electrons. The standard InChI is InChI=1S/C19H26BrClN2O2/c1-19(2,3)25-18(24)22-9-6-15(7-10-22)23-8-4-5-13-11-14(21)12-16(20)17(13)23/h11-12,15H,4-10H2,1-3H3. The van der Waals surface area contributed by atoms with Gasteiger partial charge in [0, 0.05) is 35.2 Å². The maximum atomic E-state index is 12.3. The Morgan fingerprint density at radius 1 is 1.24 bits per heavy atom. The fraction of sp³-hybridized carbons (Fsp3) is 0.632. The van der Waals surface area contributed by atoms with Crippen molar-refractivity contribution in [1.29, 1.82) is 0 Å². The zero-order chi connectivity index (χ0) is 18.2. The zero-order valence-corrected chi connectivity index (χ0v) is 17.5. The molecule has 1 saturated heterocycles. The summed E-state index contributed by atoms with van der Waals surface area (Å²) in [5, 5.41) is 0.784. The van der Waals surface area contributed by atoms with Gasteiger partial charge in [-0.1, -0.05) is 11.6 Å². The first-order valence-electron chi connectivity index (χ1n) is 8.97. The lowest BCUT2D eigenvalue weighted by molar-refractivity contribution is 0.0204. The van der Waals surface area contributed by atoms with Crippen LogP contribution in [0.1, 0.15) is 45.6 Å². The number of halogens is 2. The van der Waals surface area contributed by atoms with Crippen LogP contribution in [0.15, 0.2) is 16.6 Å². The number of rotatable bonds is 1. The van der Waals surface area contributed by atoms with Crippen molar-refractivity contribution < 1.29 is 9.53 Å². The van der Waals surface area contributed by atoms with Gasteiger partial charge in [0.25, 0.3) is 0 Å².